The Morgan fingerprint density at radius 2 is 1.92 bits per heavy atom. The van der Waals surface area contributed by atoms with Gasteiger partial charge in [0.05, 0.1) is 9.09 Å². The van der Waals surface area contributed by atoms with Gasteiger partial charge < -0.3 is 15.3 Å². The van der Waals surface area contributed by atoms with Crippen LogP contribution in [-0.4, -0.2) is 41.6 Å². The molecular weight excluding hydrogens is 340 g/mol. The Kier molecular flexibility index (Phi) is 4.52. The number of benzene rings is 1. The molecule has 4 nitrogen and oxygen atoms in total. The lowest BCUT2D eigenvalue weighted by molar-refractivity contribution is 0.0622. The Balaban J connectivity index is 1.39. The number of phenols is 1. The third kappa shape index (κ3) is 3.45. The summed E-state index contributed by atoms with van der Waals surface area (Å²) < 4.78 is 1.08. The molecule has 2 bridgehead atoms. The molecule has 3 fully saturated rings. The van der Waals surface area contributed by atoms with Gasteiger partial charge in [-0.2, -0.15) is 0 Å². The van der Waals surface area contributed by atoms with Gasteiger partial charge in [0, 0.05) is 17.5 Å². The van der Waals surface area contributed by atoms with Crippen LogP contribution in [-0.2, 0) is 0 Å². The molecule has 1 amide bonds. The Labute approximate surface area is 149 Å². The number of aromatic hydroxyl groups is 1. The third-order valence-corrected chi connectivity index (χ3v) is 7.06. The van der Waals surface area contributed by atoms with E-state index in [2.05, 4.69) is 10.2 Å². The van der Waals surface area contributed by atoms with E-state index in [4.69, 9.17) is 0 Å². The number of rotatable bonds is 4. The number of nitrogens with zero attached hydrogens (tertiary/aromatic N) is 1. The van der Waals surface area contributed by atoms with E-state index in [1.807, 2.05) is 24.3 Å². The number of thiophene rings is 1. The van der Waals surface area contributed by atoms with Gasteiger partial charge in [0.2, 0.25) is 0 Å². The van der Waals surface area contributed by atoms with Crippen molar-refractivity contribution in [3.8, 4) is 5.75 Å². The molecule has 24 heavy (non-hydrogen) atoms. The van der Waals surface area contributed by atoms with Crippen LogP contribution >= 0.6 is 23.1 Å². The number of carbonyl (C=O) groups excluding carboxylic acids is 1. The summed E-state index contributed by atoms with van der Waals surface area (Å²) in [6.07, 6.45) is 2.41. The molecule has 3 aliphatic rings. The van der Waals surface area contributed by atoms with E-state index in [0.717, 1.165) is 20.5 Å². The molecule has 2 aromatic rings. The number of piperidine rings is 3. The van der Waals surface area contributed by atoms with E-state index in [1.54, 1.807) is 23.9 Å². The average molecular weight is 361 g/mol. The van der Waals surface area contributed by atoms with Crippen LogP contribution in [0, 0.1) is 5.92 Å². The molecular formula is C18H20N2O2S2. The van der Waals surface area contributed by atoms with Crippen LogP contribution < -0.4 is 5.32 Å². The van der Waals surface area contributed by atoms with E-state index in [0.29, 0.717) is 12.0 Å². The largest absolute Gasteiger partial charge is 0.508 e. The van der Waals surface area contributed by atoms with Crippen molar-refractivity contribution in [2.24, 2.45) is 5.92 Å². The molecule has 1 aromatic carbocycles. The highest BCUT2D eigenvalue weighted by molar-refractivity contribution is 8.01. The summed E-state index contributed by atoms with van der Waals surface area (Å²) in [6, 6.07) is 11.3. The first-order valence-corrected chi connectivity index (χ1v) is 9.90. The van der Waals surface area contributed by atoms with Crippen LogP contribution in [0.3, 0.4) is 0 Å². The molecule has 1 aromatic heterocycles. The summed E-state index contributed by atoms with van der Waals surface area (Å²) in [5, 5.41) is 12.6. The maximum absolute atomic E-state index is 12.5. The zero-order valence-corrected chi connectivity index (χ0v) is 14.9. The lowest BCUT2D eigenvalue weighted by Gasteiger charge is -2.44. The third-order valence-electron chi connectivity index (χ3n) is 4.83. The van der Waals surface area contributed by atoms with E-state index >= 15 is 0 Å². The van der Waals surface area contributed by atoms with Gasteiger partial charge in [-0.25, -0.2) is 0 Å². The first-order valence-electron chi connectivity index (χ1n) is 8.27. The normalized spacial score (nSPS) is 25.6. The maximum Gasteiger partial charge on any atom is 0.261 e. The van der Waals surface area contributed by atoms with Crippen molar-refractivity contribution >= 4 is 29.0 Å². The van der Waals surface area contributed by atoms with Crippen molar-refractivity contribution in [3.05, 3.63) is 41.3 Å². The second-order valence-corrected chi connectivity index (χ2v) is 8.89. The summed E-state index contributed by atoms with van der Waals surface area (Å²) >= 11 is 3.14. The van der Waals surface area contributed by atoms with Crippen molar-refractivity contribution in [1.82, 2.24) is 10.2 Å². The predicted octanol–water partition coefficient (Wildman–Crippen LogP) is 3.43. The molecule has 1 atom stereocenters. The smallest absolute Gasteiger partial charge is 0.261 e. The Morgan fingerprint density at radius 3 is 2.58 bits per heavy atom. The number of nitrogens with one attached hydrogen (secondary N) is 1. The number of hydrogen-bond donors (Lipinski definition) is 2. The minimum absolute atomic E-state index is 0.0521. The number of hydrogen-bond acceptors (Lipinski definition) is 5. The van der Waals surface area contributed by atoms with Crippen molar-refractivity contribution in [2.45, 2.75) is 28.0 Å². The Hall–Kier alpha value is -1.50. The Morgan fingerprint density at radius 1 is 1.17 bits per heavy atom. The molecule has 3 saturated heterocycles. The fraction of sp³-hybridized carbons (Fsp3) is 0.389. The van der Waals surface area contributed by atoms with Crippen molar-refractivity contribution < 1.29 is 9.90 Å². The summed E-state index contributed by atoms with van der Waals surface area (Å²) in [4.78, 5) is 16.8. The first kappa shape index (κ1) is 16.0. The molecule has 6 heteroatoms. The fourth-order valence-corrected chi connectivity index (χ4v) is 5.50. The average Bonchev–Trinajstić information content (AvgIpc) is 3.07. The molecule has 5 rings (SSSR count). The van der Waals surface area contributed by atoms with Crippen LogP contribution in [0.25, 0.3) is 0 Å². The summed E-state index contributed by atoms with van der Waals surface area (Å²) in [6.45, 7) is 3.36. The van der Waals surface area contributed by atoms with Crippen LogP contribution in [0.15, 0.2) is 45.5 Å². The molecule has 0 aliphatic carbocycles. The van der Waals surface area contributed by atoms with Gasteiger partial charge in [-0.1, -0.05) is 11.8 Å². The minimum Gasteiger partial charge on any atom is -0.508 e. The highest BCUT2D eigenvalue weighted by atomic mass is 32.2. The highest BCUT2D eigenvalue weighted by Crippen LogP contribution is 2.34. The molecule has 0 radical (unpaired) electrons. The molecule has 2 N–H and O–H groups in total. The van der Waals surface area contributed by atoms with E-state index in [1.165, 1.54) is 37.3 Å². The highest BCUT2D eigenvalue weighted by Gasteiger charge is 2.35. The van der Waals surface area contributed by atoms with Gasteiger partial charge in [-0.05, 0) is 68.2 Å². The molecule has 4 heterocycles. The van der Waals surface area contributed by atoms with Crippen LogP contribution in [0.4, 0.5) is 0 Å². The lowest BCUT2D eigenvalue weighted by atomic mass is 9.84. The zero-order valence-electron chi connectivity index (χ0n) is 13.3. The predicted molar refractivity (Wildman–Crippen MR) is 97.0 cm³/mol. The van der Waals surface area contributed by atoms with Crippen LogP contribution in [0.1, 0.15) is 22.5 Å². The number of phenolic OH excluding ortho intramolecular Hbond substituents is 1. The van der Waals surface area contributed by atoms with Gasteiger partial charge in [-0.15, -0.1) is 11.3 Å². The second-order valence-electron chi connectivity index (χ2n) is 6.43. The number of fused-ring (bicyclic) bond motifs is 3. The van der Waals surface area contributed by atoms with E-state index in [-0.39, 0.29) is 11.7 Å². The molecule has 0 spiro atoms. The summed E-state index contributed by atoms with van der Waals surface area (Å²) in [7, 11) is 0. The fourth-order valence-electron chi connectivity index (χ4n) is 3.50. The number of amides is 1. The van der Waals surface area contributed by atoms with Crippen molar-refractivity contribution in [1.29, 1.82) is 0 Å². The van der Waals surface area contributed by atoms with Gasteiger partial charge in [0.25, 0.3) is 5.91 Å². The summed E-state index contributed by atoms with van der Waals surface area (Å²) in [5.74, 6) is 0.962. The summed E-state index contributed by atoms with van der Waals surface area (Å²) in [5.41, 5.74) is 0. The zero-order chi connectivity index (χ0) is 16.5. The second kappa shape index (κ2) is 6.78. The Bertz CT molecular complexity index is 721. The van der Waals surface area contributed by atoms with Crippen LogP contribution in [0.5, 0.6) is 5.75 Å². The SMILES string of the molecule is O=C(N[C@H]1CN2CCC1CC2)c1ccc(Sc2ccc(O)cc2)s1. The van der Waals surface area contributed by atoms with Crippen molar-refractivity contribution in [3.63, 3.8) is 0 Å². The monoisotopic (exact) mass is 360 g/mol. The molecule has 126 valence electrons. The van der Waals surface area contributed by atoms with E-state index < -0.39 is 0 Å². The van der Waals surface area contributed by atoms with Gasteiger partial charge in [-0.3, -0.25) is 4.79 Å². The van der Waals surface area contributed by atoms with Gasteiger partial charge in [0.1, 0.15) is 5.75 Å². The molecule has 3 aliphatic heterocycles. The first-order chi connectivity index (χ1) is 11.7. The standard InChI is InChI=1S/C18H20N2O2S2/c21-13-1-3-14(4-2-13)23-17-6-5-16(24-17)18(22)19-15-11-20-9-7-12(15)8-10-20/h1-6,12,15,21H,7-11H2,(H,19,22)/t15-/m0/s1. The van der Waals surface area contributed by atoms with Gasteiger partial charge >= 0.3 is 0 Å². The van der Waals surface area contributed by atoms with E-state index in [9.17, 15) is 9.90 Å². The number of carbonyl (C=O) groups is 1. The lowest BCUT2D eigenvalue weighted by Crippen LogP contribution is -2.57. The molecule has 0 saturated carbocycles. The molecule has 0 unspecified atom stereocenters. The topological polar surface area (TPSA) is 52.6 Å². The van der Waals surface area contributed by atoms with Crippen LogP contribution in [0.2, 0.25) is 0 Å². The minimum atomic E-state index is 0.0521. The van der Waals surface area contributed by atoms with Crippen molar-refractivity contribution in [2.75, 3.05) is 19.6 Å². The van der Waals surface area contributed by atoms with Gasteiger partial charge in [0.15, 0.2) is 0 Å². The quantitative estimate of drug-likeness (QED) is 0.877. The maximum atomic E-state index is 12.5.